The van der Waals surface area contributed by atoms with E-state index >= 15 is 0 Å². The van der Waals surface area contributed by atoms with E-state index in [9.17, 15) is 14.0 Å². The van der Waals surface area contributed by atoms with Crippen molar-refractivity contribution >= 4 is 17.7 Å². The number of amides is 2. The molecule has 1 aliphatic heterocycles. The van der Waals surface area contributed by atoms with Crippen molar-refractivity contribution in [1.29, 1.82) is 0 Å². The maximum Gasteiger partial charge on any atom is 0.408 e. The minimum Gasteiger partial charge on any atom is -0.444 e. The predicted molar refractivity (Wildman–Crippen MR) is 113 cm³/mol. The molecule has 1 aliphatic rings. The fourth-order valence-corrected chi connectivity index (χ4v) is 3.13. The van der Waals surface area contributed by atoms with E-state index in [1.807, 2.05) is 6.08 Å². The van der Waals surface area contributed by atoms with Crippen LogP contribution in [0.3, 0.4) is 0 Å². The van der Waals surface area contributed by atoms with Crippen LogP contribution >= 0.6 is 0 Å². The Bertz CT molecular complexity index is 982. The van der Waals surface area contributed by atoms with Crippen LogP contribution in [0.15, 0.2) is 48.7 Å². The molecule has 2 heterocycles. The quantitative estimate of drug-likeness (QED) is 0.648. The molecule has 0 saturated heterocycles. The van der Waals surface area contributed by atoms with E-state index in [2.05, 4.69) is 15.6 Å². The maximum absolute atomic E-state index is 14.0. The molecule has 0 fully saturated rings. The number of hydrogen-bond donors (Lipinski definition) is 2. The number of rotatable bonds is 1. The molecule has 6 nitrogen and oxygen atoms in total. The topological polar surface area (TPSA) is 80.3 Å². The number of hydrogen-bond acceptors (Lipinski definition) is 4. The summed E-state index contributed by atoms with van der Waals surface area (Å²) in [5.41, 5.74) is 1.61. The summed E-state index contributed by atoms with van der Waals surface area (Å²) in [6.07, 6.45) is 5.16. The number of nitrogens with one attached hydrogen (secondary N) is 2. The Kier molecular flexibility index (Phi) is 6.20. The Morgan fingerprint density at radius 2 is 2.03 bits per heavy atom. The number of halogens is 1. The van der Waals surface area contributed by atoms with E-state index in [1.165, 1.54) is 18.2 Å². The zero-order valence-corrected chi connectivity index (χ0v) is 17.5. The molecule has 2 aromatic rings. The molecule has 1 aromatic heterocycles. The summed E-state index contributed by atoms with van der Waals surface area (Å²) in [5, 5.41) is 5.73. The second-order valence-corrected chi connectivity index (χ2v) is 8.30. The van der Waals surface area contributed by atoms with Gasteiger partial charge in [0.25, 0.3) is 0 Å². The van der Waals surface area contributed by atoms with Gasteiger partial charge in [-0.2, -0.15) is 0 Å². The second kappa shape index (κ2) is 8.65. The molecule has 7 heteroatoms. The first kappa shape index (κ1) is 21.5. The normalized spacial score (nSPS) is 20.1. The first-order valence-electron chi connectivity index (χ1n) is 9.85. The van der Waals surface area contributed by atoms with Gasteiger partial charge in [0.15, 0.2) is 0 Å². The SMILES string of the molecule is C[C@@H]1/C=C\C[C@H](NC(=O)OC(C)(C)C)c2ccnc(c2)-c2cc(F)ccc2NC1=O. The van der Waals surface area contributed by atoms with Crippen molar-refractivity contribution in [2.45, 2.75) is 45.8 Å². The predicted octanol–water partition coefficient (Wildman–Crippen LogP) is 4.99. The molecular weight excluding hydrogens is 385 g/mol. The third-order valence-corrected chi connectivity index (χ3v) is 4.60. The fraction of sp³-hybridized carbons (Fsp3) is 0.348. The number of ether oxygens (including phenoxy) is 1. The summed E-state index contributed by atoms with van der Waals surface area (Å²) in [5.74, 6) is -1.05. The highest BCUT2D eigenvalue weighted by Crippen LogP contribution is 2.31. The Morgan fingerprint density at radius 1 is 1.27 bits per heavy atom. The minimum atomic E-state index is -0.627. The average molecular weight is 411 g/mol. The molecule has 2 amide bonds. The maximum atomic E-state index is 14.0. The van der Waals surface area contributed by atoms with Crippen molar-refractivity contribution in [3.63, 3.8) is 0 Å². The van der Waals surface area contributed by atoms with E-state index in [-0.39, 0.29) is 5.91 Å². The van der Waals surface area contributed by atoms with Crippen LogP contribution < -0.4 is 10.6 Å². The molecule has 158 valence electrons. The van der Waals surface area contributed by atoms with Gasteiger partial charge in [0, 0.05) is 11.8 Å². The molecular formula is C23H26FN3O3. The van der Waals surface area contributed by atoms with Crippen LogP contribution in [0.25, 0.3) is 11.3 Å². The number of carbonyl (C=O) groups excluding carboxylic acids is 2. The lowest BCUT2D eigenvalue weighted by atomic mass is 9.99. The van der Waals surface area contributed by atoms with Gasteiger partial charge in [-0.1, -0.05) is 19.1 Å². The van der Waals surface area contributed by atoms with Crippen LogP contribution in [0, 0.1) is 11.7 Å². The number of benzene rings is 1. The van der Waals surface area contributed by atoms with E-state index in [1.54, 1.807) is 52.1 Å². The van der Waals surface area contributed by atoms with Gasteiger partial charge in [0.2, 0.25) is 5.91 Å². The summed E-state index contributed by atoms with van der Waals surface area (Å²) >= 11 is 0. The summed E-state index contributed by atoms with van der Waals surface area (Å²) in [6.45, 7) is 7.16. The third-order valence-electron chi connectivity index (χ3n) is 4.60. The van der Waals surface area contributed by atoms with E-state index in [0.717, 1.165) is 5.56 Å². The molecule has 0 spiro atoms. The summed E-state index contributed by atoms with van der Waals surface area (Å²) in [6, 6.07) is 7.34. The smallest absolute Gasteiger partial charge is 0.408 e. The molecule has 0 unspecified atom stereocenters. The van der Waals surface area contributed by atoms with Gasteiger partial charge >= 0.3 is 6.09 Å². The van der Waals surface area contributed by atoms with Gasteiger partial charge in [-0.3, -0.25) is 9.78 Å². The largest absolute Gasteiger partial charge is 0.444 e. The van der Waals surface area contributed by atoms with Crippen LogP contribution in [-0.2, 0) is 9.53 Å². The van der Waals surface area contributed by atoms with E-state index in [0.29, 0.717) is 23.4 Å². The Balaban J connectivity index is 2.04. The highest BCUT2D eigenvalue weighted by atomic mass is 19.1. The Hall–Kier alpha value is -3.22. The number of anilines is 1. The van der Waals surface area contributed by atoms with Gasteiger partial charge in [0.05, 0.1) is 23.3 Å². The molecule has 1 aromatic carbocycles. The van der Waals surface area contributed by atoms with Gasteiger partial charge < -0.3 is 15.4 Å². The molecule has 0 aliphatic carbocycles. The number of alkyl carbamates (subject to hydrolysis) is 1. The summed E-state index contributed by atoms with van der Waals surface area (Å²) in [7, 11) is 0. The molecule has 0 saturated carbocycles. The lowest BCUT2D eigenvalue weighted by molar-refractivity contribution is -0.118. The lowest BCUT2D eigenvalue weighted by Crippen LogP contribution is -2.35. The number of nitrogens with zero attached hydrogens (tertiary/aromatic N) is 1. The first-order valence-corrected chi connectivity index (χ1v) is 9.85. The van der Waals surface area contributed by atoms with Crippen LogP contribution in [0.2, 0.25) is 0 Å². The van der Waals surface area contributed by atoms with Crippen molar-refractivity contribution in [3.8, 4) is 11.3 Å². The molecule has 2 atom stereocenters. The van der Waals surface area contributed by atoms with E-state index in [4.69, 9.17) is 4.74 Å². The van der Waals surface area contributed by atoms with Gasteiger partial charge in [0.1, 0.15) is 11.4 Å². The fourth-order valence-electron chi connectivity index (χ4n) is 3.13. The van der Waals surface area contributed by atoms with Crippen LogP contribution in [0.4, 0.5) is 14.9 Å². The Labute approximate surface area is 175 Å². The lowest BCUT2D eigenvalue weighted by Gasteiger charge is -2.24. The van der Waals surface area contributed by atoms with Gasteiger partial charge in [-0.15, -0.1) is 0 Å². The van der Waals surface area contributed by atoms with Crippen molar-refractivity contribution in [1.82, 2.24) is 10.3 Å². The van der Waals surface area contributed by atoms with Crippen LogP contribution in [-0.4, -0.2) is 22.6 Å². The first-order chi connectivity index (χ1) is 14.1. The summed E-state index contributed by atoms with van der Waals surface area (Å²) in [4.78, 5) is 29.3. The van der Waals surface area contributed by atoms with Crippen LogP contribution in [0.5, 0.6) is 0 Å². The van der Waals surface area contributed by atoms with E-state index < -0.39 is 29.5 Å². The number of fused-ring (bicyclic) bond motifs is 4. The molecule has 2 N–H and O–H groups in total. The van der Waals surface area contributed by atoms with Crippen molar-refractivity contribution < 1.29 is 18.7 Å². The Morgan fingerprint density at radius 3 is 2.77 bits per heavy atom. The number of carbonyl (C=O) groups is 2. The second-order valence-electron chi connectivity index (χ2n) is 8.30. The zero-order valence-electron chi connectivity index (χ0n) is 17.5. The minimum absolute atomic E-state index is 0.215. The number of pyridine rings is 1. The van der Waals surface area contributed by atoms with Crippen LogP contribution in [0.1, 0.15) is 45.7 Å². The van der Waals surface area contributed by atoms with Crippen molar-refractivity contribution in [2.24, 2.45) is 5.92 Å². The third kappa shape index (κ3) is 5.43. The average Bonchev–Trinajstić information content (AvgIpc) is 2.66. The highest BCUT2D eigenvalue weighted by Gasteiger charge is 2.22. The monoisotopic (exact) mass is 411 g/mol. The molecule has 2 bridgehead atoms. The molecule has 3 rings (SSSR count). The zero-order chi connectivity index (χ0) is 21.9. The van der Waals surface area contributed by atoms with Crippen molar-refractivity contribution in [3.05, 3.63) is 60.1 Å². The summed E-state index contributed by atoms with van der Waals surface area (Å²) < 4.78 is 19.4. The van der Waals surface area contributed by atoms with Gasteiger partial charge in [-0.05, 0) is 63.1 Å². The number of aromatic nitrogens is 1. The molecule has 0 radical (unpaired) electrons. The standard InChI is InChI=1S/C23H26FN3O3/c1-14-6-5-7-18(27-22(29)30-23(2,3)4)15-10-11-25-20(12-15)17-13-16(24)8-9-19(17)26-21(14)28/h5-6,8-14,18H,7H2,1-4H3,(H,26,28)(H,27,29)/b6-5-/t14-,18+/m1/s1. The molecule has 30 heavy (non-hydrogen) atoms. The van der Waals surface area contributed by atoms with Crippen molar-refractivity contribution in [2.75, 3.05) is 5.32 Å². The highest BCUT2D eigenvalue weighted by molar-refractivity contribution is 5.97. The van der Waals surface area contributed by atoms with Gasteiger partial charge in [-0.25, -0.2) is 9.18 Å².